The minimum absolute atomic E-state index is 0.358. The van der Waals surface area contributed by atoms with Crippen LogP contribution in [0.25, 0.3) is 0 Å². The van der Waals surface area contributed by atoms with E-state index in [2.05, 4.69) is 0 Å². The van der Waals surface area contributed by atoms with Crippen molar-refractivity contribution in [1.29, 1.82) is 0 Å². The van der Waals surface area contributed by atoms with Gasteiger partial charge in [0.25, 0.3) is 0 Å². The van der Waals surface area contributed by atoms with Crippen LogP contribution in [0.5, 0.6) is 0 Å². The lowest BCUT2D eigenvalue weighted by atomic mass is 10.0. The van der Waals surface area contributed by atoms with Gasteiger partial charge in [-0.25, -0.2) is 0 Å². The molecule has 1 aromatic carbocycles. The van der Waals surface area contributed by atoms with E-state index in [9.17, 15) is 9.90 Å². The molecule has 0 aliphatic heterocycles. The van der Waals surface area contributed by atoms with Crippen molar-refractivity contribution >= 4 is 29.2 Å². The minimum atomic E-state index is -0.838. The van der Waals surface area contributed by atoms with Crippen LogP contribution in [0.2, 0.25) is 10.0 Å². The van der Waals surface area contributed by atoms with E-state index in [1.807, 2.05) is 24.8 Å². The lowest BCUT2D eigenvalue weighted by Gasteiger charge is -2.26. The molecule has 0 aromatic heterocycles. The van der Waals surface area contributed by atoms with Gasteiger partial charge in [-0.2, -0.15) is 0 Å². The minimum Gasteiger partial charge on any atom is -0.480 e. The largest absolute Gasteiger partial charge is 0.480 e. The molecular formula is C13H17Cl2NO2. The van der Waals surface area contributed by atoms with Gasteiger partial charge in [-0.05, 0) is 24.7 Å². The van der Waals surface area contributed by atoms with Crippen molar-refractivity contribution < 1.29 is 9.90 Å². The average Bonchev–Trinajstić information content (AvgIpc) is 2.34. The molecule has 0 saturated heterocycles. The zero-order valence-electron chi connectivity index (χ0n) is 10.5. The fourth-order valence-corrected chi connectivity index (χ4v) is 2.35. The Morgan fingerprint density at radius 1 is 1.33 bits per heavy atom. The summed E-state index contributed by atoms with van der Waals surface area (Å²) < 4.78 is 0. The molecule has 0 fully saturated rings. The number of hydrogen-bond acceptors (Lipinski definition) is 2. The number of carboxylic acids is 1. The lowest BCUT2D eigenvalue weighted by molar-refractivity contribution is -0.143. The van der Waals surface area contributed by atoms with Crippen LogP contribution in [-0.2, 0) is 11.2 Å². The Labute approximate surface area is 117 Å². The standard InChI is InChI=1S/C13H17Cl2NO2/c1-3-16(4-2)11(13(17)18)8-9-6-5-7-10(14)12(9)15/h5-7,11H,3-4,8H2,1-2H3,(H,17,18). The molecule has 0 aliphatic carbocycles. The van der Waals surface area contributed by atoms with Gasteiger partial charge in [0.1, 0.15) is 6.04 Å². The molecule has 100 valence electrons. The van der Waals surface area contributed by atoms with E-state index in [1.54, 1.807) is 12.1 Å². The maximum Gasteiger partial charge on any atom is 0.321 e. The average molecular weight is 290 g/mol. The summed E-state index contributed by atoms with van der Waals surface area (Å²) in [6, 6.07) is 4.72. The maximum atomic E-state index is 11.3. The van der Waals surface area contributed by atoms with Crippen LogP contribution in [-0.4, -0.2) is 35.1 Å². The van der Waals surface area contributed by atoms with E-state index >= 15 is 0 Å². The highest BCUT2D eigenvalue weighted by atomic mass is 35.5. The van der Waals surface area contributed by atoms with Gasteiger partial charge in [0, 0.05) is 6.42 Å². The van der Waals surface area contributed by atoms with Crippen LogP contribution < -0.4 is 0 Å². The van der Waals surface area contributed by atoms with Crippen LogP contribution in [0.15, 0.2) is 18.2 Å². The number of rotatable bonds is 6. The Morgan fingerprint density at radius 3 is 2.44 bits per heavy atom. The first-order valence-corrected chi connectivity index (χ1v) is 6.66. The van der Waals surface area contributed by atoms with Crippen molar-refractivity contribution in [2.24, 2.45) is 0 Å². The van der Waals surface area contributed by atoms with Crippen LogP contribution in [0.1, 0.15) is 19.4 Å². The van der Waals surface area contributed by atoms with E-state index in [1.165, 1.54) is 0 Å². The number of halogens is 2. The highest BCUT2D eigenvalue weighted by Gasteiger charge is 2.24. The van der Waals surface area contributed by atoms with Gasteiger partial charge in [-0.1, -0.05) is 49.2 Å². The summed E-state index contributed by atoms with van der Waals surface area (Å²) in [5.41, 5.74) is 0.767. The second-order valence-corrected chi connectivity index (χ2v) is 4.78. The molecular weight excluding hydrogens is 273 g/mol. The van der Waals surface area contributed by atoms with E-state index in [0.29, 0.717) is 29.6 Å². The van der Waals surface area contributed by atoms with Crippen molar-refractivity contribution in [2.75, 3.05) is 13.1 Å². The van der Waals surface area contributed by atoms with E-state index in [0.717, 1.165) is 5.56 Å². The van der Waals surface area contributed by atoms with Gasteiger partial charge in [0.2, 0.25) is 0 Å². The second kappa shape index (κ2) is 6.98. The van der Waals surface area contributed by atoms with Crippen molar-refractivity contribution in [3.63, 3.8) is 0 Å². The molecule has 1 unspecified atom stereocenters. The van der Waals surface area contributed by atoms with Gasteiger partial charge in [-0.15, -0.1) is 0 Å². The molecule has 18 heavy (non-hydrogen) atoms. The molecule has 0 amide bonds. The first-order valence-electron chi connectivity index (χ1n) is 5.91. The van der Waals surface area contributed by atoms with Gasteiger partial charge in [-0.3, -0.25) is 9.69 Å². The van der Waals surface area contributed by atoms with Gasteiger partial charge >= 0.3 is 5.97 Å². The highest BCUT2D eigenvalue weighted by Crippen LogP contribution is 2.27. The molecule has 5 heteroatoms. The SMILES string of the molecule is CCN(CC)C(Cc1cccc(Cl)c1Cl)C(=O)O. The number of carboxylic acid groups (broad SMARTS) is 1. The maximum absolute atomic E-state index is 11.3. The Hall–Kier alpha value is -0.770. The van der Waals surface area contributed by atoms with Crippen LogP contribution in [0.4, 0.5) is 0 Å². The molecule has 0 spiro atoms. The molecule has 3 nitrogen and oxygen atoms in total. The predicted octanol–water partition coefficient (Wildman–Crippen LogP) is 3.33. The molecule has 1 atom stereocenters. The van der Waals surface area contributed by atoms with Crippen LogP contribution >= 0.6 is 23.2 Å². The molecule has 1 N–H and O–H groups in total. The van der Waals surface area contributed by atoms with Crippen LogP contribution in [0, 0.1) is 0 Å². The fourth-order valence-electron chi connectivity index (χ4n) is 1.95. The lowest BCUT2D eigenvalue weighted by Crippen LogP contribution is -2.42. The Bertz CT molecular complexity index is 419. The van der Waals surface area contributed by atoms with Crippen molar-refractivity contribution in [2.45, 2.75) is 26.3 Å². The number of hydrogen-bond donors (Lipinski definition) is 1. The summed E-state index contributed by atoms with van der Waals surface area (Å²) in [5, 5.41) is 10.2. The zero-order chi connectivity index (χ0) is 13.7. The summed E-state index contributed by atoms with van der Waals surface area (Å²) in [4.78, 5) is 13.2. The first-order chi connectivity index (χ1) is 8.51. The number of benzene rings is 1. The topological polar surface area (TPSA) is 40.5 Å². The Kier molecular flexibility index (Phi) is 5.93. The fraction of sp³-hybridized carbons (Fsp3) is 0.462. The summed E-state index contributed by atoms with van der Waals surface area (Å²) >= 11 is 12.0. The smallest absolute Gasteiger partial charge is 0.321 e. The Balaban J connectivity index is 2.97. The van der Waals surface area contributed by atoms with E-state index < -0.39 is 12.0 Å². The molecule has 1 aromatic rings. The van der Waals surface area contributed by atoms with Crippen molar-refractivity contribution in [3.05, 3.63) is 33.8 Å². The molecule has 0 radical (unpaired) electrons. The quantitative estimate of drug-likeness (QED) is 0.873. The van der Waals surface area contributed by atoms with E-state index in [4.69, 9.17) is 23.2 Å². The predicted molar refractivity (Wildman–Crippen MR) is 74.5 cm³/mol. The Morgan fingerprint density at radius 2 is 1.94 bits per heavy atom. The highest BCUT2D eigenvalue weighted by molar-refractivity contribution is 6.42. The summed E-state index contributed by atoms with van der Waals surface area (Å²) in [7, 11) is 0. The van der Waals surface area contributed by atoms with Crippen molar-refractivity contribution in [1.82, 2.24) is 4.90 Å². The van der Waals surface area contributed by atoms with Crippen molar-refractivity contribution in [3.8, 4) is 0 Å². The van der Waals surface area contributed by atoms with E-state index in [-0.39, 0.29) is 0 Å². The third kappa shape index (κ3) is 3.61. The molecule has 0 saturated carbocycles. The number of likely N-dealkylation sites (N-methyl/N-ethyl adjacent to an activating group) is 1. The van der Waals surface area contributed by atoms with Gasteiger partial charge in [0.05, 0.1) is 10.0 Å². The molecule has 0 aliphatic rings. The molecule has 0 heterocycles. The summed E-state index contributed by atoms with van der Waals surface area (Å²) in [6.45, 7) is 5.26. The van der Waals surface area contributed by atoms with Crippen LogP contribution in [0.3, 0.4) is 0 Å². The van der Waals surface area contributed by atoms with Gasteiger partial charge in [0.15, 0.2) is 0 Å². The van der Waals surface area contributed by atoms with Gasteiger partial charge < -0.3 is 5.11 Å². The number of carbonyl (C=O) groups is 1. The number of aliphatic carboxylic acids is 1. The third-order valence-corrected chi connectivity index (χ3v) is 3.84. The normalized spacial score (nSPS) is 12.7. The number of nitrogens with zero attached hydrogens (tertiary/aromatic N) is 1. The molecule has 1 rings (SSSR count). The first kappa shape index (κ1) is 15.3. The second-order valence-electron chi connectivity index (χ2n) is 3.99. The molecule has 0 bridgehead atoms. The zero-order valence-corrected chi connectivity index (χ0v) is 12.0. The monoisotopic (exact) mass is 289 g/mol. The summed E-state index contributed by atoms with van der Waals surface area (Å²) in [5.74, 6) is -0.838. The summed E-state index contributed by atoms with van der Waals surface area (Å²) in [6.07, 6.45) is 0.358. The third-order valence-electron chi connectivity index (χ3n) is 2.98.